The summed E-state index contributed by atoms with van der Waals surface area (Å²) in [6.07, 6.45) is 0.819. The van der Waals surface area contributed by atoms with Crippen molar-refractivity contribution in [3.05, 3.63) is 63.9 Å². The van der Waals surface area contributed by atoms with Gasteiger partial charge in [0.2, 0.25) is 0 Å². The van der Waals surface area contributed by atoms with Gasteiger partial charge in [0.25, 0.3) is 11.8 Å². The topological polar surface area (TPSA) is 58.2 Å². The maximum Gasteiger partial charge on any atom is 0.256 e. The molecule has 0 aliphatic heterocycles. The van der Waals surface area contributed by atoms with E-state index in [1.165, 1.54) is 18.2 Å². The van der Waals surface area contributed by atoms with Gasteiger partial charge in [-0.05, 0) is 78.7 Å². The molecule has 2 amide bonds. The Kier molecular flexibility index (Phi) is 5.95. The summed E-state index contributed by atoms with van der Waals surface area (Å²) >= 11 is 3.17. The van der Waals surface area contributed by atoms with Gasteiger partial charge in [-0.3, -0.25) is 9.59 Å². The molecule has 0 aromatic heterocycles. The molecule has 132 valence electrons. The molecule has 2 N–H and O–H groups in total. The first kappa shape index (κ1) is 19.1. The van der Waals surface area contributed by atoms with Crippen LogP contribution in [0.4, 0.5) is 10.1 Å². The van der Waals surface area contributed by atoms with Gasteiger partial charge in [-0.2, -0.15) is 0 Å². The summed E-state index contributed by atoms with van der Waals surface area (Å²) < 4.78 is 13.5. The van der Waals surface area contributed by atoms with Crippen LogP contribution in [0.2, 0.25) is 0 Å². The molecule has 0 aliphatic rings. The van der Waals surface area contributed by atoms with Gasteiger partial charge in [0.1, 0.15) is 5.82 Å². The first-order valence-corrected chi connectivity index (χ1v) is 8.70. The lowest BCUT2D eigenvalue weighted by molar-refractivity contribution is 0.0911. The van der Waals surface area contributed by atoms with Crippen molar-refractivity contribution >= 4 is 33.4 Å². The monoisotopic (exact) mass is 406 g/mol. The first-order chi connectivity index (χ1) is 11.7. The highest BCUT2D eigenvalue weighted by atomic mass is 79.9. The maximum atomic E-state index is 13.1. The number of anilines is 1. The Bertz CT molecular complexity index is 789. The minimum Gasteiger partial charge on any atom is -0.347 e. The quantitative estimate of drug-likeness (QED) is 0.751. The van der Waals surface area contributed by atoms with Crippen LogP contribution in [-0.4, -0.2) is 17.4 Å². The molecule has 0 unspecified atom stereocenters. The third-order valence-electron chi connectivity index (χ3n) is 3.92. The molecule has 2 aromatic rings. The third kappa shape index (κ3) is 5.13. The molecule has 0 heterocycles. The molecule has 0 bridgehead atoms. The van der Waals surface area contributed by atoms with E-state index in [4.69, 9.17) is 0 Å². The van der Waals surface area contributed by atoms with Crippen molar-refractivity contribution in [3.63, 3.8) is 0 Å². The van der Waals surface area contributed by atoms with E-state index in [1.807, 2.05) is 20.8 Å². The Labute approximate surface area is 154 Å². The highest BCUT2D eigenvalue weighted by Gasteiger charge is 2.19. The van der Waals surface area contributed by atoms with Crippen molar-refractivity contribution in [2.24, 2.45) is 0 Å². The van der Waals surface area contributed by atoms with Gasteiger partial charge in [0.05, 0.1) is 5.56 Å². The zero-order valence-corrected chi connectivity index (χ0v) is 15.9. The van der Waals surface area contributed by atoms with Crippen molar-refractivity contribution in [2.45, 2.75) is 32.7 Å². The molecule has 0 saturated heterocycles. The second-order valence-electron chi connectivity index (χ2n) is 6.35. The van der Waals surface area contributed by atoms with Gasteiger partial charge < -0.3 is 10.6 Å². The summed E-state index contributed by atoms with van der Waals surface area (Å²) in [4.78, 5) is 24.5. The number of carbonyl (C=O) groups excluding carboxylic acids is 2. The molecule has 2 rings (SSSR count). The lowest BCUT2D eigenvalue weighted by atomic mass is 10.0. The van der Waals surface area contributed by atoms with Crippen molar-refractivity contribution in [3.8, 4) is 0 Å². The third-order valence-corrected chi connectivity index (χ3v) is 4.57. The SMILES string of the molecule is CCC(C)(C)NC(=O)c1ccc(NC(=O)c2ccc(F)cc2Br)cc1. The van der Waals surface area contributed by atoms with Crippen LogP contribution >= 0.6 is 15.9 Å². The van der Waals surface area contributed by atoms with Crippen molar-refractivity contribution in [1.82, 2.24) is 5.32 Å². The average Bonchev–Trinajstić information content (AvgIpc) is 2.55. The van der Waals surface area contributed by atoms with Crippen LogP contribution in [-0.2, 0) is 0 Å². The second-order valence-corrected chi connectivity index (χ2v) is 7.20. The van der Waals surface area contributed by atoms with Crippen LogP contribution in [0.3, 0.4) is 0 Å². The summed E-state index contributed by atoms with van der Waals surface area (Å²) in [6.45, 7) is 5.92. The summed E-state index contributed by atoms with van der Waals surface area (Å²) in [5.41, 5.74) is 1.11. The zero-order valence-electron chi connectivity index (χ0n) is 14.3. The van der Waals surface area contributed by atoms with Crippen LogP contribution in [0, 0.1) is 5.82 Å². The van der Waals surface area contributed by atoms with Crippen molar-refractivity contribution in [2.75, 3.05) is 5.32 Å². The number of nitrogens with one attached hydrogen (secondary N) is 2. The lowest BCUT2D eigenvalue weighted by Crippen LogP contribution is -2.42. The Balaban J connectivity index is 2.07. The van der Waals surface area contributed by atoms with E-state index in [0.717, 1.165) is 6.42 Å². The van der Waals surface area contributed by atoms with E-state index < -0.39 is 5.82 Å². The highest BCUT2D eigenvalue weighted by Crippen LogP contribution is 2.20. The van der Waals surface area contributed by atoms with Crippen LogP contribution < -0.4 is 10.6 Å². The number of benzene rings is 2. The van der Waals surface area contributed by atoms with Crippen LogP contribution in [0.1, 0.15) is 47.9 Å². The van der Waals surface area contributed by atoms with Crippen LogP contribution in [0.15, 0.2) is 46.9 Å². The average molecular weight is 407 g/mol. The van der Waals surface area contributed by atoms with Gasteiger partial charge in [-0.1, -0.05) is 6.92 Å². The van der Waals surface area contributed by atoms with Crippen LogP contribution in [0.5, 0.6) is 0 Å². The largest absolute Gasteiger partial charge is 0.347 e. The molecule has 2 aromatic carbocycles. The van der Waals surface area contributed by atoms with Gasteiger partial charge in [0.15, 0.2) is 0 Å². The molecule has 25 heavy (non-hydrogen) atoms. The minimum atomic E-state index is -0.422. The fourth-order valence-corrected chi connectivity index (χ4v) is 2.58. The number of halogens is 2. The first-order valence-electron chi connectivity index (χ1n) is 7.91. The van der Waals surface area contributed by atoms with Crippen molar-refractivity contribution < 1.29 is 14.0 Å². The van der Waals surface area contributed by atoms with Crippen LogP contribution in [0.25, 0.3) is 0 Å². The van der Waals surface area contributed by atoms with E-state index in [-0.39, 0.29) is 17.4 Å². The Morgan fingerprint density at radius 2 is 1.72 bits per heavy atom. The summed E-state index contributed by atoms with van der Waals surface area (Å²) in [5, 5.41) is 5.67. The number of amides is 2. The predicted octanol–water partition coefficient (Wildman–Crippen LogP) is 4.76. The summed E-state index contributed by atoms with van der Waals surface area (Å²) in [5.74, 6) is -0.948. The predicted molar refractivity (Wildman–Crippen MR) is 100 cm³/mol. The number of hydrogen-bond acceptors (Lipinski definition) is 2. The second kappa shape index (κ2) is 7.78. The Morgan fingerprint density at radius 1 is 1.08 bits per heavy atom. The standard InChI is InChI=1S/C19H20BrFN2O2/c1-4-19(2,3)23-17(24)12-5-8-14(9-6-12)22-18(25)15-10-7-13(21)11-16(15)20/h5-11H,4H2,1-3H3,(H,22,25)(H,23,24). The molecule has 0 spiro atoms. The Morgan fingerprint density at radius 3 is 2.28 bits per heavy atom. The molecule has 0 fully saturated rings. The van der Waals surface area contributed by atoms with E-state index in [9.17, 15) is 14.0 Å². The normalized spacial score (nSPS) is 11.1. The molecule has 4 nitrogen and oxygen atoms in total. The fraction of sp³-hybridized carbons (Fsp3) is 0.263. The molecule has 0 saturated carbocycles. The van der Waals surface area contributed by atoms with E-state index in [1.54, 1.807) is 24.3 Å². The smallest absolute Gasteiger partial charge is 0.256 e. The van der Waals surface area contributed by atoms with Gasteiger partial charge >= 0.3 is 0 Å². The van der Waals surface area contributed by atoms with Crippen molar-refractivity contribution in [1.29, 1.82) is 0 Å². The fourth-order valence-electron chi connectivity index (χ4n) is 2.04. The maximum absolute atomic E-state index is 13.1. The van der Waals surface area contributed by atoms with Gasteiger partial charge in [-0.25, -0.2) is 4.39 Å². The molecule has 0 atom stereocenters. The molecular formula is C19H20BrFN2O2. The minimum absolute atomic E-state index is 0.161. The molecule has 6 heteroatoms. The highest BCUT2D eigenvalue weighted by molar-refractivity contribution is 9.10. The summed E-state index contributed by atoms with van der Waals surface area (Å²) in [7, 11) is 0. The van der Waals surface area contributed by atoms with Gasteiger partial charge in [-0.15, -0.1) is 0 Å². The number of hydrogen-bond donors (Lipinski definition) is 2. The Hall–Kier alpha value is -2.21. The van der Waals surface area contributed by atoms with E-state index >= 15 is 0 Å². The van der Waals surface area contributed by atoms with Gasteiger partial charge in [0, 0.05) is 21.3 Å². The number of carbonyl (C=O) groups is 2. The number of rotatable bonds is 5. The van der Waals surface area contributed by atoms with E-state index in [2.05, 4.69) is 26.6 Å². The van der Waals surface area contributed by atoms with E-state index in [0.29, 0.717) is 21.3 Å². The summed E-state index contributed by atoms with van der Waals surface area (Å²) in [6, 6.07) is 10.5. The molecule has 0 aliphatic carbocycles. The lowest BCUT2D eigenvalue weighted by Gasteiger charge is -2.24. The zero-order chi connectivity index (χ0) is 18.6. The molecule has 0 radical (unpaired) electrons. The molecular weight excluding hydrogens is 387 g/mol.